The van der Waals surface area contributed by atoms with Crippen LogP contribution in [0.2, 0.25) is 0 Å². The molecule has 6 rings (SSSR count). The number of nitrogens with one attached hydrogen (secondary N) is 1. The van der Waals surface area contributed by atoms with Crippen LogP contribution in [0.3, 0.4) is 0 Å². The van der Waals surface area contributed by atoms with Crippen molar-refractivity contribution in [1.29, 1.82) is 0 Å². The van der Waals surface area contributed by atoms with Crippen LogP contribution in [-0.2, 0) is 12.8 Å². The quantitative estimate of drug-likeness (QED) is 0.273. The van der Waals surface area contributed by atoms with Gasteiger partial charge in [0.25, 0.3) is 0 Å². The second-order valence-corrected chi connectivity index (χ2v) is 9.90. The standard InChI is InChI=1S/C30H23BrN4O3/c31-23-17-9-7-15-21(23)25-22-16-8-10-18-24(22)33-28-26(25)27(34-29(36)32-19-11-3-1-4-12-19)35(30(37)38-28)20-13-5-2-6-14-20/h1-7,9,11-15,17H,8,10,16,18H2,(H,32,36)/b34-27+. The summed E-state index contributed by atoms with van der Waals surface area (Å²) in [4.78, 5) is 36.0. The lowest BCUT2D eigenvalue weighted by molar-refractivity contribution is 0.258. The SMILES string of the molecule is O=C(/N=c1\c2c(-c3ccccc3Br)c3c(nc2oc(=O)n1-c1ccccc1)CCCC3)Nc1ccccc1. The Morgan fingerprint density at radius 1 is 0.921 bits per heavy atom. The van der Waals surface area contributed by atoms with E-state index in [9.17, 15) is 9.59 Å². The Hall–Kier alpha value is -4.30. The molecule has 5 aromatic rings. The van der Waals surface area contributed by atoms with Gasteiger partial charge in [0.05, 0.1) is 11.1 Å². The van der Waals surface area contributed by atoms with Crippen LogP contribution in [-0.4, -0.2) is 15.6 Å². The number of benzene rings is 3. The molecule has 0 saturated carbocycles. The van der Waals surface area contributed by atoms with Crippen molar-refractivity contribution in [2.45, 2.75) is 25.7 Å². The van der Waals surface area contributed by atoms with Crippen molar-refractivity contribution in [2.75, 3.05) is 5.32 Å². The molecule has 0 radical (unpaired) electrons. The van der Waals surface area contributed by atoms with Gasteiger partial charge >= 0.3 is 11.8 Å². The predicted molar refractivity (Wildman–Crippen MR) is 150 cm³/mol. The molecule has 1 aliphatic rings. The van der Waals surface area contributed by atoms with Crippen molar-refractivity contribution < 1.29 is 9.21 Å². The number of hydrogen-bond acceptors (Lipinski definition) is 4. The number of rotatable bonds is 3. The number of para-hydroxylation sites is 2. The van der Waals surface area contributed by atoms with E-state index in [4.69, 9.17) is 9.40 Å². The van der Waals surface area contributed by atoms with E-state index in [0.29, 0.717) is 16.8 Å². The maximum Gasteiger partial charge on any atom is 0.427 e. The normalized spacial score (nSPS) is 13.3. The van der Waals surface area contributed by atoms with E-state index in [1.54, 1.807) is 24.3 Å². The van der Waals surface area contributed by atoms with Gasteiger partial charge in [0.2, 0.25) is 5.71 Å². The molecule has 0 bridgehead atoms. The Labute approximate surface area is 226 Å². The highest BCUT2D eigenvalue weighted by Gasteiger charge is 2.25. The van der Waals surface area contributed by atoms with E-state index in [2.05, 4.69) is 26.2 Å². The Balaban J connectivity index is 1.75. The fourth-order valence-electron chi connectivity index (χ4n) is 4.97. The summed E-state index contributed by atoms with van der Waals surface area (Å²) in [7, 11) is 0. The van der Waals surface area contributed by atoms with Crippen molar-refractivity contribution in [3.05, 3.63) is 117 Å². The smallest absolute Gasteiger partial charge is 0.390 e. The molecule has 1 N–H and O–H groups in total. The highest BCUT2D eigenvalue weighted by Crippen LogP contribution is 2.38. The molecule has 0 unspecified atom stereocenters. The number of aromatic nitrogens is 2. The van der Waals surface area contributed by atoms with E-state index < -0.39 is 11.8 Å². The van der Waals surface area contributed by atoms with Gasteiger partial charge in [-0.2, -0.15) is 4.99 Å². The second-order valence-electron chi connectivity index (χ2n) is 9.05. The largest absolute Gasteiger partial charge is 0.427 e. The topological polar surface area (TPSA) is 89.5 Å². The van der Waals surface area contributed by atoms with E-state index >= 15 is 0 Å². The molecular formula is C30H23BrN4O3. The van der Waals surface area contributed by atoms with Crippen molar-refractivity contribution in [3.63, 3.8) is 0 Å². The third-order valence-electron chi connectivity index (χ3n) is 6.63. The first kappa shape index (κ1) is 24.1. The Kier molecular flexibility index (Phi) is 6.47. The second kappa shape index (κ2) is 10.2. The highest BCUT2D eigenvalue weighted by atomic mass is 79.9. The van der Waals surface area contributed by atoms with Crippen LogP contribution in [0.1, 0.15) is 24.1 Å². The summed E-state index contributed by atoms with van der Waals surface area (Å²) in [5.41, 5.74) is 5.26. The average Bonchev–Trinajstić information content (AvgIpc) is 2.93. The molecule has 0 saturated heterocycles. The predicted octanol–water partition coefficient (Wildman–Crippen LogP) is 6.42. The lowest BCUT2D eigenvalue weighted by Crippen LogP contribution is -2.34. The molecule has 0 aliphatic heterocycles. The first-order chi connectivity index (χ1) is 18.6. The summed E-state index contributed by atoms with van der Waals surface area (Å²) >= 11 is 3.71. The minimum Gasteiger partial charge on any atom is -0.390 e. The first-order valence-electron chi connectivity index (χ1n) is 12.4. The van der Waals surface area contributed by atoms with Crippen LogP contribution in [0.15, 0.2) is 104 Å². The zero-order chi connectivity index (χ0) is 26.1. The molecule has 38 heavy (non-hydrogen) atoms. The molecule has 0 fully saturated rings. The number of amides is 2. The third kappa shape index (κ3) is 4.48. The van der Waals surface area contributed by atoms with Crippen LogP contribution >= 0.6 is 15.9 Å². The number of pyridine rings is 1. The first-order valence-corrected chi connectivity index (χ1v) is 13.2. The van der Waals surface area contributed by atoms with Crippen LogP contribution in [0.25, 0.3) is 27.9 Å². The summed E-state index contributed by atoms with van der Waals surface area (Å²) in [6.45, 7) is 0. The minimum atomic E-state index is -0.670. The number of anilines is 1. The maximum absolute atomic E-state index is 13.4. The van der Waals surface area contributed by atoms with Gasteiger partial charge in [-0.05, 0) is 67.1 Å². The van der Waals surface area contributed by atoms with Crippen molar-refractivity contribution in [2.24, 2.45) is 4.99 Å². The summed E-state index contributed by atoms with van der Waals surface area (Å²) in [6, 6.07) is 25.4. The molecule has 2 aromatic heterocycles. The van der Waals surface area contributed by atoms with Crippen LogP contribution in [0.5, 0.6) is 0 Å². The Bertz CT molecular complexity index is 1790. The number of aryl methyl sites for hydroxylation is 1. The van der Waals surface area contributed by atoms with Gasteiger partial charge in [-0.15, -0.1) is 0 Å². The van der Waals surface area contributed by atoms with Gasteiger partial charge < -0.3 is 9.73 Å². The van der Waals surface area contributed by atoms with Gasteiger partial charge in [-0.25, -0.2) is 19.1 Å². The fraction of sp³-hybridized carbons (Fsp3) is 0.133. The summed E-state index contributed by atoms with van der Waals surface area (Å²) in [6.07, 6.45) is 3.66. The zero-order valence-electron chi connectivity index (χ0n) is 20.4. The Morgan fingerprint density at radius 3 is 2.37 bits per heavy atom. The van der Waals surface area contributed by atoms with E-state index in [-0.39, 0.29) is 11.2 Å². The molecule has 0 atom stereocenters. The molecule has 8 heteroatoms. The Morgan fingerprint density at radius 2 is 1.61 bits per heavy atom. The van der Waals surface area contributed by atoms with Crippen molar-refractivity contribution in [3.8, 4) is 16.8 Å². The van der Waals surface area contributed by atoms with Crippen LogP contribution < -0.4 is 16.6 Å². The molecule has 2 heterocycles. The maximum atomic E-state index is 13.4. The van der Waals surface area contributed by atoms with Crippen LogP contribution in [0.4, 0.5) is 10.5 Å². The van der Waals surface area contributed by atoms with Gasteiger partial charge in [-0.3, -0.25) is 0 Å². The third-order valence-corrected chi connectivity index (χ3v) is 7.32. The number of carbonyl (C=O) groups is 1. The van der Waals surface area contributed by atoms with E-state index in [0.717, 1.165) is 52.5 Å². The van der Waals surface area contributed by atoms with E-state index in [1.165, 1.54) is 4.57 Å². The van der Waals surface area contributed by atoms with Crippen molar-refractivity contribution >= 4 is 38.7 Å². The number of halogens is 1. The minimum absolute atomic E-state index is 0.167. The molecule has 3 aromatic carbocycles. The lowest BCUT2D eigenvalue weighted by Gasteiger charge is -2.21. The van der Waals surface area contributed by atoms with Gasteiger partial charge in [0.1, 0.15) is 0 Å². The summed E-state index contributed by atoms with van der Waals surface area (Å²) in [5, 5.41) is 3.32. The zero-order valence-corrected chi connectivity index (χ0v) is 21.9. The number of carbonyl (C=O) groups excluding carboxylic acids is 1. The van der Waals surface area contributed by atoms with E-state index in [1.807, 2.05) is 60.7 Å². The van der Waals surface area contributed by atoms with Gasteiger partial charge in [-0.1, -0.05) is 70.5 Å². The summed E-state index contributed by atoms with van der Waals surface area (Å²) < 4.78 is 8.07. The van der Waals surface area contributed by atoms with Crippen molar-refractivity contribution in [1.82, 2.24) is 9.55 Å². The van der Waals surface area contributed by atoms with Gasteiger partial charge in [0.15, 0.2) is 5.49 Å². The average molecular weight is 567 g/mol. The molecule has 0 spiro atoms. The molecule has 2 amide bonds. The molecule has 7 nitrogen and oxygen atoms in total. The number of nitrogens with zero attached hydrogens (tertiary/aromatic N) is 3. The fourth-order valence-corrected chi connectivity index (χ4v) is 5.45. The lowest BCUT2D eigenvalue weighted by atomic mass is 9.87. The monoisotopic (exact) mass is 566 g/mol. The number of urea groups is 1. The molecular weight excluding hydrogens is 544 g/mol. The van der Waals surface area contributed by atoms with Gasteiger partial charge in [0, 0.05) is 21.4 Å². The summed E-state index contributed by atoms with van der Waals surface area (Å²) in [5.74, 6) is -0.670. The van der Waals surface area contributed by atoms with Crippen LogP contribution in [0, 0.1) is 0 Å². The highest BCUT2D eigenvalue weighted by molar-refractivity contribution is 9.10. The molecule has 1 aliphatic carbocycles. The number of hydrogen-bond donors (Lipinski definition) is 1. The molecule has 188 valence electrons. The number of fused-ring (bicyclic) bond motifs is 2.